The van der Waals surface area contributed by atoms with E-state index in [1.165, 1.54) is 173 Å². The Morgan fingerprint density at radius 3 is 0.889 bits per heavy atom. The Kier molecular flexibility index (Phi) is 57.8. The van der Waals surface area contributed by atoms with Crippen LogP contribution in [0.3, 0.4) is 0 Å². The van der Waals surface area contributed by atoms with E-state index >= 15 is 0 Å². The zero-order valence-electron chi connectivity index (χ0n) is 47.7. The summed E-state index contributed by atoms with van der Waals surface area (Å²) in [6.45, 7) is 6.52. The van der Waals surface area contributed by atoms with Crippen LogP contribution in [0.25, 0.3) is 0 Å². The highest BCUT2D eigenvalue weighted by molar-refractivity contribution is 5.71. The lowest BCUT2D eigenvalue weighted by Crippen LogP contribution is -2.30. The van der Waals surface area contributed by atoms with Crippen LogP contribution in [0.5, 0.6) is 0 Å². The number of carbonyl (C=O) groups is 3. The van der Waals surface area contributed by atoms with Crippen molar-refractivity contribution in [1.29, 1.82) is 0 Å². The van der Waals surface area contributed by atoms with Crippen molar-refractivity contribution < 1.29 is 28.6 Å². The fraction of sp³-hybridized carbons (Fsp3) is 0.773. The normalized spacial score (nSPS) is 12.5. The molecule has 0 aromatic carbocycles. The zero-order chi connectivity index (χ0) is 52.2. The first-order valence-corrected chi connectivity index (χ1v) is 30.9. The highest BCUT2D eigenvalue weighted by atomic mass is 16.6. The maximum Gasteiger partial charge on any atom is 0.306 e. The van der Waals surface area contributed by atoms with Crippen LogP contribution in [-0.2, 0) is 28.6 Å². The van der Waals surface area contributed by atoms with Gasteiger partial charge in [-0.3, -0.25) is 14.4 Å². The van der Waals surface area contributed by atoms with E-state index in [1.54, 1.807) is 0 Å². The molecule has 416 valence electrons. The molecule has 0 fully saturated rings. The van der Waals surface area contributed by atoms with Gasteiger partial charge in [-0.1, -0.05) is 273 Å². The Bertz CT molecular complexity index is 1340. The molecule has 0 aliphatic carbocycles. The van der Waals surface area contributed by atoms with E-state index in [0.717, 1.165) is 96.3 Å². The van der Waals surface area contributed by atoms with E-state index < -0.39 is 6.10 Å². The third kappa shape index (κ3) is 57.7. The molecular formula is C66H116O6. The van der Waals surface area contributed by atoms with Crippen molar-refractivity contribution in [3.8, 4) is 0 Å². The molecule has 0 aliphatic heterocycles. The summed E-state index contributed by atoms with van der Waals surface area (Å²) in [7, 11) is 0. The smallest absolute Gasteiger partial charge is 0.306 e. The van der Waals surface area contributed by atoms with Crippen molar-refractivity contribution in [2.75, 3.05) is 13.2 Å². The van der Waals surface area contributed by atoms with Crippen LogP contribution in [0.15, 0.2) is 72.9 Å². The first-order valence-electron chi connectivity index (χ1n) is 30.9. The predicted octanol–water partition coefficient (Wildman–Crippen LogP) is 20.9. The number of allylic oxidation sites excluding steroid dienone is 12. The minimum Gasteiger partial charge on any atom is -0.462 e. The Labute approximate surface area is 446 Å². The zero-order valence-corrected chi connectivity index (χ0v) is 47.7. The van der Waals surface area contributed by atoms with Gasteiger partial charge >= 0.3 is 17.9 Å². The summed E-state index contributed by atoms with van der Waals surface area (Å²) in [6.07, 6.45) is 77.7. The third-order valence-electron chi connectivity index (χ3n) is 13.4. The standard InChI is InChI=1S/C66H116O6/c1-4-7-10-13-16-19-22-25-26-27-28-29-30-31-32-33-34-35-36-37-38-39-40-42-44-47-50-53-56-59-65(68)71-62-63(61-70-64(67)58-55-52-49-46-43-24-21-18-15-12-9-6-3)72-66(69)60-57-54-51-48-45-41-23-20-17-14-11-8-5-2/h7,10,16,18-19,21,25-26,28-29,31-32,63H,4-6,8-9,11-15,17,20,22-24,27,30,33-62H2,1-3H3/b10-7-,19-16-,21-18-,26-25-,29-28-,32-31-. The van der Waals surface area contributed by atoms with Gasteiger partial charge in [-0.15, -0.1) is 0 Å². The lowest BCUT2D eigenvalue weighted by molar-refractivity contribution is -0.167. The molecule has 72 heavy (non-hydrogen) atoms. The molecular weight excluding hydrogens is 889 g/mol. The molecule has 0 saturated carbocycles. The van der Waals surface area contributed by atoms with Gasteiger partial charge in [-0.05, 0) is 89.9 Å². The minimum absolute atomic E-state index is 0.0748. The second kappa shape index (κ2) is 60.4. The van der Waals surface area contributed by atoms with Gasteiger partial charge in [0.2, 0.25) is 0 Å². The highest BCUT2D eigenvalue weighted by Gasteiger charge is 2.19. The van der Waals surface area contributed by atoms with Crippen molar-refractivity contribution in [1.82, 2.24) is 0 Å². The van der Waals surface area contributed by atoms with Gasteiger partial charge < -0.3 is 14.2 Å². The number of unbranched alkanes of at least 4 members (excludes halogenated alkanes) is 33. The largest absolute Gasteiger partial charge is 0.462 e. The molecule has 0 rings (SSSR count). The molecule has 0 amide bonds. The van der Waals surface area contributed by atoms with Gasteiger partial charge in [0.1, 0.15) is 13.2 Å². The van der Waals surface area contributed by atoms with Crippen LogP contribution in [0, 0.1) is 0 Å². The maximum absolute atomic E-state index is 12.8. The number of rotatable bonds is 56. The van der Waals surface area contributed by atoms with Crippen LogP contribution in [0.2, 0.25) is 0 Å². The molecule has 0 N–H and O–H groups in total. The van der Waals surface area contributed by atoms with E-state index in [2.05, 4.69) is 93.7 Å². The Balaban J connectivity index is 4.18. The van der Waals surface area contributed by atoms with E-state index in [-0.39, 0.29) is 31.1 Å². The summed E-state index contributed by atoms with van der Waals surface area (Å²) in [5.41, 5.74) is 0. The quantitative estimate of drug-likeness (QED) is 0.0261. The van der Waals surface area contributed by atoms with E-state index in [9.17, 15) is 14.4 Å². The predicted molar refractivity (Wildman–Crippen MR) is 311 cm³/mol. The maximum atomic E-state index is 12.8. The van der Waals surface area contributed by atoms with Crippen molar-refractivity contribution in [2.45, 2.75) is 316 Å². The number of hydrogen-bond donors (Lipinski definition) is 0. The Morgan fingerprint density at radius 1 is 0.292 bits per heavy atom. The second-order valence-electron chi connectivity index (χ2n) is 20.6. The van der Waals surface area contributed by atoms with Crippen molar-refractivity contribution in [3.05, 3.63) is 72.9 Å². The van der Waals surface area contributed by atoms with Gasteiger partial charge in [0.15, 0.2) is 6.10 Å². The number of carbonyl (C=O) groups excluding carboxylic acids is 3. The monoisotopic (exact) mass is 1000 g/mol. The fourth-order valence-electron chi connectivity index (χ4n) is 8.82. The topological polar surface area (TPSA) is 78.9 Å². The van der Waals surface area contributed by atoms with Gasteiger partial charge in [-0.2, -0.15) is 0 Å². The van der Waals surface area contributed by atoms with Crippen LogP contribution in [-0.4, -0.2) is 37.2 Å². The van der Waals surface area contributed by atoms with E-state index in [4.69, 9.17) is 14.2 Å². The highest BCUT2D eigenvalue weighted by Crippen LogP contribution is 2.17. The number of esters is 3. The van der Waals surface area contributed by atoms with Crippen molar-refractivity contribution >= 4 is 17.9 Å². The first-order chi connectivity index (χ1) is 35.5. The Morgan fingerprint density at radius 2 is 0.542 bits per heavy atom. The molecule has 0 aliphatic rings. The minimum atomic E-state index is -0.775. The second-order valence-corrected chi connectivity index (χ2v) is 20.6. The lowest BCUT2D eigenvalue weighted by Gasteiger charge is -2.18. The number of hydrogen-bond acceptors (Lipinski definition) is 6. The van der Waals surface area contributed by atoms with Gasteiger partial charge in [0.25, 0.3) is 0 Å². The summed E-state index contributed by atoms with van der Waals surface area (Å²) in [4.78, 5) is 38.1. The summed E-state index contributed by atoms with van der Waals surface area (Å²) in [6, 6.07) is 0. The van der Waals surface area contributed by atoms with Crippen LogP contribution < -0.4 is 0 Å². The average molecular weight is 1010 g/mol. The van der Waals surface area contributed by atoms with Crippen LogP contribution in [0.1, 0.15) is 310 Å². The van der Waals surface area contributed by atoms with Crippen molar-refractivity contribution in [3.63, 3.8) is 0 Å². The lowest BCUT2D eigenvalue weighted by atomic mass is 10.0. The molecule has 0 saturated heterocycles. The molecule has 6 heteroatoms. The summed E-state index contributed by atoms with van der Waals surface area (Å²) in [5.74, 6) is -0.872. The molecule has 0 bridgehead atoms. The molecule has 0 aromatic rings. The van der Waals surface area contributed by atoms with Gasteiger partial charge in [0.05, 0.1) is 0 Å². The first kappa shape index (κ1) is 68.8. The Hall–Kier alpha value is -3.15. The van der Waals surface area contributed by atoms with Gasteiger partial charge in [0, 0.05) is 19.3 Å². The molecule has 0 spiro atoms. The average Bonchev–Trinajstić information content (AvgIpc) is 3.38. The molecule has 1 unspecified atom stereocenters. The summed E-state index contributed by atoms with van der Waals surface area (Å²) in [5, 5.41) is 0. The SMILES string of the molecule is CC/C=C\C/C=C\C/C=C\C/C=C\C/C=C\CCCCCCCCCCCCCCCC(=O)OCC(COC(=O)CCCCCCC/C=C\CCCCC)OC(=O)CCCCCCCCCCCCCCC. The molecule has 0 aromatic heterocycles. The van der Waals surface area contributed by atoms with Gasteiger partial charge in [-0.25, -0.2) is 0 Å². The van der Waals surface area contributed by atoms with E-state index in [1.807, 2.05) is 0 Å². The third-order valence-corrected chi connectivity index (χ3v) is 13.4. The summed E-state index contributed by atoms with van der Waals surface area (Å²) < 4.78 is 16.9. The molecule has 1 atom stereocenters. The van der Waals surface area contributed by atoms with Crippen molar-refractivity contribution in [2.24, 2.45) is 0 Å². The summed E-state index contributed by atoms with van der Waals surface area (Å²) >= 11 is 0. The fourth-order valence-corrected chi connectivity index (χ4v) is 8.82. The van der Waals surface area contributed by atoms with E-state index in [0.29, 0.717) is 19.3 Å². The molecule has 0 radical (unpaired) electrons. The molecule has 0 heterocycles. The van der Waals surface area contributed by atoms with Crippen LogP contribution >= 0.6 is 0 Å². The number of ether oxygens (including phenoxy) is 3. The van der Waals surface area contributed by atoms with Crippen LogP contribution in [0.4, 0.5) is 0 Å². The molecule has 6 nitrogen and oxygen atoms in total.